The lowest BCUT2D eigenvalue weighted by Gasteiger charge is -2.09. The van der Waals surface area contributed by atoms with Crippen molar-refractivity contribution in [1.82, 2.24) is 14.8 Å². The van der Waals surface area contributed by atoms with Crippen LogP contribution in [-0.4, -0.2) is 20.7 Å². The van der Waals surface area contributed by atoms with E-state index in [1.54, 1.807) is 0 Å². The lowest BCUT2D eigenvalue weighted by molar-refractivity contribution is 0.102. The number of rotatable bonds is 5. The summed E-state index contributed by atoms with van der Waals surface area (Å²) in [6, 6.07) is 23.8. The van der Waals surface area contributed by atoms with E-state index in [0.717, 1.165) is 22.0 Å². The Morgan fingerprint density at radius 1 is 1.03 bits per heavy atom. The zero-order chi connectivity index (χ0) is 21.2. The smallest absolute Gasteiger partial charge is 0.257 e. The largest absolute Gasteiger partial charge is 0.423 e. The van der Waals surface area contributed by atoms with Gasteiger partial charge in [0, 0.05) is 34.9 Å². The summed E-state index contributed by atoms with van der Waals surface area (Å²) >= 11 is 0. The number of aromatic nitrogens is 3. The van der Waals surface area contributed by atoms with Crippen molar-refractivity contribution in [3.63, 3.8) is 0 Å². The maximum atomic E-state index is 13.3. The molecule has 0 atom stereocenters. The summed E-state index contributed by atoms with van der Waals surface area (Å²) in [7, 11) is 0. The number of aryl methyl sites for hydroxylation is 1. The molecule has 0 saturated heterocycles. The van der Waals surface area contributed by atoms with Gasteiger partial charge >= 0.3 is 0 Å². The number of benzene rings is 3. The third kappa shape index (κ3) is 3.71. The maximum absolute atomic E-state index is 13.3. The second kappa shape index (κ2) is 7.91. The predicted molar refractivity (Wildman–Crippen MR) is 120 cm³/mol. The Bertz CT molecular complexity index is 1360. The Morgan fingerprint density at radius 3 is 2.65 bits per heavy atom. The Labute approximate surface area is 179 Å². The van der Waals surface area contributed by atoms with Crippen LogP contribution in [0.1, 0.15) is 21.5 Å². The first-order chi connectivity index (χ1) is 15.2. The summed E-state index contributed by atoms with van der Waals surface area (Å²) in [6.07, 6.45) is 3.21. The van der Waals surface area contributed by atoms with E-state index < -0.39 is 0 Å². The molecule has 0 aliphatic carbocycles. The average Bonchev–Trinajstić information content (AvgIpc) is 3.45. The summed E-state index contributed by atoms with van der Waals surface area (Å²) in [5.74, 6) is 0.253. The number of anilines is 1. The Morgan fingerprint density at radius 2 is 1.84 bits per heavy atom. The first kappa shape index (κ1) is 18.8. The topological polar surface area (TPSA) is 73.0 Å². The number of hydrogen-bond acceptors (Lipinski definition) is 4. The second-order valence-corrected chi connectivity index (χ2v) is 7.40. The quantitative estimate of drug-likeness (QED) is 0.428. The van der Waals surface area contributed by atoms with Gasteiger partial charge < -0.3 is 14.3 Å². The van der Waals surface area contributed by atoms with Crippen LogP contribution in [0.15, 0.2) is 89.8 Å². The van der Waals surface area contributed by atoms with Crippen molar-refractivity contribution in [3.05, 3.63) is 102 Å². The molecule has 0 spiro atoms. The third-order valence-electron chi connectivity index (χ3n) is 5.32. The number of para-hydroxylation sites is 1. The maximum Gasteiger partial charge on any atom is 0.257 e. The SMILES string of the molecule is Cc1ccc(-c2nnco2)cc1NC(=O)c1cn(Cc2ccccc2)c2ccccc12. The molecule has 0 radical (unpaired) electrons. The molecule has 0 saturated carbocycles. The van der Waals surface area contributed by atoms with Crippen LogP contribution in [0, 0.1) is 6.92 Å². The summed E-state index contributed by atoms with van der Waals surface area (Å²) in [5.41, 5.74) is 5.25. The van der Waals surface area contributed by atoms with Gasteiger partial charge in [-0.15, -0.1) is 10.2 Å². The number of carbonyl (C=O) groups is 1. The average molecular weight is 408 g/mol. The molecule has 1 N–H and O–H groups in total. The van der Waals surface area contributed by atoms with Crippen LogP contribution in [0.2, 0.25) is 0 Å². The Hall–Kier alpha value is -4.19. The summed E-state index contributed by atoms with van der Waals surface area (Å²) < 4.78 is 7.40. The van der Waals surface area contributed by atoms with Crippen molar-refractivity contribution in [2.24, 2.45) is 0 Å². The summed E-state index contributed by atoms with van der Waals surface area (Å²) in [6.45, 7) is 2.65. The molecule has 3 aromatic carbocycles. The van der Waals surface area contributed by atoms with Crippen LogP contribution in [0.5, 0.6) is 0 Å². The van der Waals surface area contributed by atoms with Gasteiger partial charge in [-0.05, 0) is 36.2 Å². The van der Waals surface area contributed by atoms with E-state index in [1.165, 1.54) is 12.0 Å². The molecule has 0 aliphatic heterocycles. The fourth-order valence-electron chi connectivity index (χ4n) is 3.72. The van der Waals surface area contributed by atoms with Gasteiger partial charge in [0.2, 0.25) is 12.3 Å². The zero-order valence-electron chi connectivity index (χ0n) is 16.9. The number of carbonyl (C=O) groups excluding carboxylic acids is 1. The monoisotopic (exact) mass is 408 g/mol. The van der Waals surface area contributed by atoms with E-state index in [2.05, 4.69) is 32.2 Å². The molecule has 5 rings (SSSR count). The van der Waals surface area contributed by atoms with E-state index in [1.807, 2.05) is 73.8 Å². The molecule has 0 unspecified atom stereocenters. The lowest BCUT2D eigenvalue weighted by Crippen LogP contribution is -2.12. The summed E-state index contributed by atoms with van der Waals surface area (Å²) in [4.78, 5) is 13.3. The van der Waals surface area contributed by atoms with E-state index in [4.69, 9.17) is 4.42 Å². The van der Waals surface area contributed by atoms with Crippen LogP contribution in [0.3, 0.4) is 0 Å². The van der Waals surface area contributed by atoms with Gasteiger partial charge in [-0.1, -0.05) is 54.6 Å². The number of amides is 1. The van der Waals surface area contributed by atoms with Crippen molar-refractivity contribution in [3.8, 4) is 11.5 Å². The molecule has 1 amide bonds. The number of nitrogens with zero attached hydrogens (tertiary/aromatic N) is 3. The zero-order valence-corrected chi connectivity index (χ0v) is 16.9. The molecule has 2 aromatic heterocycles. The minimum absolute atomic E-state index is 0.159. The fourth-order valence-corrected chi connectivity index (χ4v) is 3.72. The molecule has 2 heterocycles. The lowest BCUT2D eigenvalue weighted by atomic mass is 10.1. The van der Waals surface area contributed by atoms with Gasteiger partial charge in [-0.25, -0.2) is 0 Å². The highest BCUT2D eigenvalue weighted by Crippen LogP contribution is 2.27. The van der Waals surface area contributed by atoms with E-state index in [0.29, 0.717) is 23.7 Å². The fraction of sp³-hybridized carbons (Fsp3) is 0.0800. The van der Waals surface area contributed by atoms with Crippen LogP contribution < -0.4 is 5.32 Å². The molecular weight excluding hydrogens is 388 g/mol. The normalized spacial score (nSPS) is 11.0. The predicted octanol–water partition coefficient (Wildman–Crippen LogP) is 5.30. The van der Waals surface area contributed by atoms with Crippen molar-refractivity contribution in [2.45, 2.75) is 13.5 Å². The van der Waals surface area contributed by atoms with Crippen LogP contribution in [-0.2, 0) is 6.54 Å². The van der Waals surface area contributed by atoms with Crippen LogP contribution >= 0.6 is 0 Å². The van der Waals surface area contributed by atoms with Gasteiger partial charge in [0.1, 0.15) is 0 Å². The Balaban J connectivity index is 1.49. The van der Waals surface area contributed by atoms with Crippen molar-refractivity contribution >= 4 is 22.5 Å². The minimum atomic E-state index is -0.159. The minimum Gasteiger partial charge on any atom is -0.423 e. The first-order valence-corrected chi connectivity index (χ1v) is 9.99. The van der Waals surface area contributed by atoms with Gasteiger partial charge in [0.05, 0.1) is 5.56 Å². The highest BCUT2D eigenvalue weighted by Gasteiger charge is 2.17. The molecule has 0 aliphatic rings. The Kier molecular flexibility index (Phi) is 4.80. The van der Waals surface area contributed by atoms with Gasteiger partial charge in [0.25, 0.3) is 5.91 Å². The summed E-state index contributed by atoms with van der Waals surface area (Å²) in [5, 5.41) is 11.6. The van der Waals surface area contributed by atoms with Crippen molar-refractivity contribution in [2.75, 3.05) is 5.32 Å². The van der Waals surface area contributed by atoms with Gasteiger partial charge in [-0.3, -0.25) is 4.79 Å². The molecule has 31 heavy (non-hydrogen) atoms. The van der Waals surface area contributed by atoms with Crippen LogP contribution in [0.25, 0.3) is 22.4 Å². The van der Waals surface area contributed by atoms with Gasteiger partial charge in [0.15, 0.2) is 0 Å². The van der Waals surface area contributed by atoms with Crippen molar-refractivity contribution in [1.29, 1.82) is 0 Å². The number of fused-ring (bicyclic) bond motifs is 1. The van der Waals surface area contributed by atoms with E-state index in [-0.39, 0.29) is 5.91 Å². The molecule has 5 aromatic rings. The molecule has 0 bridgehead atoms. The van der Waals surface area contributed by atoms with Crippen molar-refractivity contribution < 1.29 is 9.21 Å². The molecule has 6 heteroatoms. The molecular formula is C25H20N4O2. The highest BCUT2D eigenvalue weighted by atomic mass is 16.4. The van der Waals surface area contributed by atoms with E-state index in [9.17, 15) is 4.79 Å². The molecule has 0 fully saturated rings. The second-order valence-electron chi connectivity index (χ2n) is 7.40. The standard InChI is InChI=1S/C25H20N4O2/c1-17-11-12-19(25-28-26-16-31-25)13-22(17)27-24(30)21-15-29(14-18-7-3-2-4-8-18)23-10-6-5-9-20(21)23/h2-13,15-16H,14H2,1H3,(H,27,30). The molecule has 152 valence electrons. The number of nitrogens with one attached hydrogen (secondary N) is 1. The van der Waals surface area contributed by atoms with E-state index >= 15 is 0 Å². The highest BCUT2D eigenvalue weighted by molar-refractivity contribution is 6.13. The third-order valence-corrected chi connectivity index (χ3v) is 5.32. The van der Waals surface area contributed by atoms with Gasteiger partial charge in [-0.2, -0.15) is 0 Å². The first-order valence-electron chi connectivity index (χ1n) is 9.99. The van der Waals surface area contributed by atoms with Crippen LogP contribution in [0.4, 0.5) is 5.69 Å². The molecule has 6 nitrogen and oxygen atoms in total. The number of hydrogen-bond donors (Lipinski definition) is 1.